The molecule has 0 unspecified atom stereocenters. The summed E-state index contributed by atoms with van der Waals surface area (Å²) in [5, 5.41) is 12.0. The zero-order chi connectivity index (χ0) is 9.26. The average Bonchev–Trinajstić information content (AvgIpc) is 2.17. The van der Waals surface area contributed by atoms with Crippen LogP contribution in [-0.4, -0.2) is 17.6 Å². The Kier molecular flexibility index (Phi) is 1.77. The smallest absolute Gasteiger partial charge is 0.336 e. The molecule has 3 heteroatoms. The maximum Gasteiger partial charge on any atom is 0.336 e. The van der Waals surface area contributed by atoms with Crippen LogP contribution in [-0.2, 0) is 0 Å². The molecule has 0 aromatic heterocycles. The van der Waals surface area contributed by atoms with Gasteiger partial charge < -0.3 is 10.4 Å². The number of fused-ring (bicyclic) bond motifs is 1. The van der Waals surface area contributed by atoms with Crippen LogP contribution >= 0.6 is 0 Å². The lowest BCUT2D eigenvalue weighted by Gasteiger charge is -2.14. The lowest BCUT2D eigenvalue weighted by molar-refractivity contribution is 0.0696. The minimum Gasteiger partial charge on any atom is -0.478 e. The third-order valence-electron chi connectivity index (χ3n) is 2.03. The Balaban J connectivity index is 2.60. The van der Waals surface area contributed by atoms with Crippen molar-refractivity contribution in [2.45, 2.75) is 0 Å². The maximum absolute atomic E-state index is 10.8. The predicted octanol–water partition coefficient (Wildman–Crippen LogP) is 1.82. The molecule has 2 N–H and O–H groups in total. The molecule has 3 nitrogen and oxygen atoms in total. The van der Waals surface area contributed by atoms with Gasteiger partial charge in [0.05, 0.1) is 5.56 Å². The number of aromatic carboxylic acids is 1. The second-order valence-electron chi connectivity index (χ2n) is 2.86. The molecule has 0 saturated heterocycles. The standard InChI is InChI=1S/C10H9NO2/c12-10(13)8-3-1-5-9-7(8)4-2-6-11-9/h1-5,11H,6H2,(H,12,13). The average molecular weight is 175 g/mol. The van der Waals surface area contributed by atoms with Gasteiger partial charge in [0.1, 0.15) is 0 Å². The van der Waals surface area contributed by atoms with E-state index >= 15 is 0 Å². The highest BCUT2D eigenvalue weighted by Gasteiger charge is 2.12. The number of carboxylic acids is 1. The summed E-state index contributed by atoms with van der Waals surface area (Å²) in [6.07, 6.45) is 3.75. The van der Waals surface area contributed by atoms with Crippen LogP contribution in [0.15, 0.2) is 24.3 Å². The monoisotopic (exact) mass is 175 g/mol. The zero-order valence-corrected chi connectivity index (χ0v) is 6.95. The maximum atomic E-state index is 10.8. The molecule has 1 aliphatic rings. The molecule has 0 fully saturated rings. The van der Waals surface area contributed by atoms with Crippen molar-refractivity contribution < 1.29 is 9.90 Å². The van der Waals surface area contributed by atoms with E-state index in [1.165, 1.54) is 0 Å². The molecule has 1 aromatic rings. The van der Waals surface area contributed by atoms with E-state index in [1.807, 2.05) is 18.2 Å². The van der Waals surface area contributed by atoms with Crippen LogP contribution in [0.5, 0.6) is 0 Å². The highest BCUT2D eigenvalue weighted by Crippen LogP contribution is 2.24. The summed E-state index contributed by atoms with van der Waals surface area (Å²) in [5.41, 5.74) is 2.00. The van der Waals surface area contributed by atoms with Gasteiger partial charge in [-0.1, -0.05) is 18.2 Å². The molecule has 0 atom stereocenters. The first-order valence-corrected chi connectivity index (χ1v) is 4.06. The second kappa shape index (κ2) is 2.94. The van der Waals surface area contributed by atoms with Crippen LogP contribution in [0.2, 0.25) is 0 Å². The number of anilines is 1. The zero-order valence-electron chi connectivity index (χ0n) is 6.95. The van der Waals surface area contributed by atoms with Gasteiger partial charge in [0.2, 0.25) is 0 Å². The Labute approximate surface area is 75.7 Å². The molecule has 66 valence electrons. The molecule has 0 bridgehead atoms. The number of carboxylic acid groups (broad SMARTS) is 1. The first kappa shape index (κ1) is 7.86. The van der Waals surface area contributed by atoms with Crippen molar-refractivity contribution in [1.82, 2.24) is 0 Å². The first-order valence-electron chi connectivity index (χ1n) is 4.06. The van der Waals surface area contributed by atoms with Gasteiger partial charge in [-0.3, -0.25) is 0 Å². The molecule has 0 spiro atoms. The van der Waals surface area contributed by atoms with Crippen LogP contribution in [0.3, 0.4) is 0 Å². The molecule has 1 aliphatic heterocycles. The number of hydrogen-bond acceptors (Lipinski definition) is 2. The normalized spacial score (nSPS) is 13.2. The van der Waals surface area contributed by atoms with Crippen molar-refractivity contribution in [3.05, 3.63) is 35.4 Å². The number of rotatable bonds is 1. The molecule has 0 aliphatic carbocycles. The van der Waals surface area contributed by atoms with Crippen molar-refractivity contribution in [1.29, 1.82) is 0 Å². The van der Waals surface area contributed by atoms with Gasteiger partial charge in [-0.25, -0.2) is 4.79 Å². The third kappa shape index (κ3) is 1.28. The van der Waals surface area contributed by atoms with Gasteiger partial charge in [0.25, 0.3) is 0 Å². The molecule has 1 heterocycles. The van der Waals surface area contributed by atoms with Crippen molar-refractivity contribution in [2.24, 2.45) is 0 Å². The number of benzene rings is 1. The molecule has 2 rings (SSSR count). The molecular formula is C10H9NO2. The van der Waals surface area contributed by atoms with Gasteiger partial charge in [-0.2, -0.15) is 0 Å². The van der Waals surface area contributed by atoms with E-state index in [0.29, 0.717) is 5.56 Å². The lowest BCUT2D eigenvalue weighted by Crippen LogP contribution is -2.08. The fraction of sp³-hybridized carbons (Fsp3) is 0.100. The van der Waals surface area contributed by atoms with Crippen molar-refractivity contribution in [3.63, 3.8) is 0 Å². The van der Waals surface area contributed by atoms with Crippen molar-refractivity contribution in [3.8, 4) is 0 Å². The van der Waals surface area contributed by atoms with Gasteiger partial charge in [-0.05, 0) is 12.1 Å². The van der Waals surface area contributed by atoms with E-state index in [4.69, 9.17) is 5.11 Å². The largest absolute Gasteiger partial charge is 0.478 e. The van der Waals surface area contributed by atoms with E-state index in [2.05, 4.69) is 5.32 Å². The fourth-order valence-electron chi connectivity index (χ4n) is 1.43. The lowest BCUT2D eigenvalue weighted by atomic mass is 10.0. The van der Waals surface area contributed by atoms with Gasteiger partial charge in [0.15, 0.2) is 0 Å². The SMILES string of the molecule is O=C(O)c1cccc2c1C=CCN2. The molecular weight excluding hydrogens is 166 g/mol. The summed E-state index contributed by atoms with van der Waals surface area (Å²) in [7, 11) is 0. The highest BCUT2D eigenvalue weighted by atomic mass is 16.4. The molecule has 1 aromatic carbocycles. The summed E-state index contributed by atoms with van der Waals surface area (Å²) in [5.74, 6) is -0.884. The van der Waals surface area contributed by atoms with Crippen LogP contribution < -0.4 is 5.32 Å². The quantitative estimate of drug-likeness (QED) is 0.684. The van der Waals surface area contributed by atoms with Crippen LogP contribution in [0.4, 0.5) is 5.69 Å². The summed E-state index contributed by atoms with van der Waals surface area (Å²) in [6.45, 7) is 0.760. The summed E-state index contributed by atoms with van der Waals surface area (Å²) in [6, 6.07) is 5.23. The first-order chi connectivity index (χ1) is 6.29. The second-order valence-corrected chi connectivity index (χ2v) is 2.86. The van der Waals surface area contributed by atoms with Crippen LogP contribution in [0.25, 0.3) is 6.08 Å². The van der Waals surface area contributed by atoms with Crippen LogP contribution in [0.1, 0.15) is 15.9 Å². The Bertz CT molecular complexity index is 383. The van der Waals surface area contributed by atoms with E-state index in [9.17, 15) is 4.79 Å². The number of carbonyl (C=O) groups is 1. The Hall–Kier alpha value is -1.77. The number of nitrogens with one attached hydrogen (secondary N) is 1. The summed E-state index contributed by atoms with van der Waals surface area (Å²) in [4.78, 5) is 10.8. The Morgan fingerprint density at radius 1 is 1.46 bits per heavy atom. The molecule has 13 heavy (non-hydrogen) atoms. The summed E-state index contributed by atoms with van der Waals surface area (Å²) >= 11 is 0. The summed E-state index contributed by atoms with van der Waals surface area (Å²) < 4.78 is 0. The third-order valence-corrected chi connectivity index (χ3v) is 2.03. The van der Waals surface area contributed by atoms with E-state index in [-0.39, 0.29) is 0 Å². The minimum absolute atomic E-state index is 0.348. The molecule has 0 saturated carbocycles. The van der Waals surface area contributed by atoms with Gasteiger partial charge >= 0.3 is 5.97 Å². The number of hydrogen-bond donors (Lipinski definition) is 2. The Morgan fingerprint density at radius 2 is 2.31 bits per heavy atom. The highest BCUT2D eigenvalue weighted by molar-refractivity contribution is 5.95. The van der Waals surface area contributed by atoms with Crippen molar-refractivity contribution >= 4 is 17.7 Å². The van der Waals surface area contributed by atoms with E-state index < -0.39 is 5.97 Å². The Morgan fingerprint density at radius 3 is 3.08 bits per heavy atom. The molecule has 0 radical (unpaired) electrons. The minimum atomic E-state index is -0.884. The molecule has 0 amide bonds. The van der Waals surface area contributed by atoms with Crippen molar-refractivity contribution in [2.75, 3.05) is 11.9 Å². The van der Waals surface area contributed by atoms with E-state index in [1.54, 1.807) is 12.1 Å². The van der Waals surface area contributed by atoms with Gasteiger partial charge in [-0.15, -0.1) is 0 Å². The topological polar surface area (TPSA) is 49.3 Å². The van der Waals surface area contributed by atoms with Crippen LogP contribution in [0, 0.1) is 0 Å². The van der Waals surface area contributed by atoms with Gasteiger partial charge in [0, 0.05) is 17.8 Å². The van der Waals surface area contributed by atoms with E-state index in [0.717, 1.165) is 17.8 Å². The fourth-order valence-corrected chi connectivity index (χ4v) is 1.43. The predicted molar refractivity (Wildman–Crippen MR) is 50.9 cm³/mol.